The van der Waals surface area contributed by atoms with Crippen molar-refractivity contribution in [2.75, 3.05) is 6.61 Å². The van der Waals surface area contributed by atoms with Crippen LogP contribution in [0.25, 0.3) is 11.0 Å². The standard InChI is InChI=1S/C17H14N2O7/c1-10(14-8-11-4-2-3-5-12(11)25-14)18-15(20)9-24-17(21)13-6-7-16(26-13)19(22)23/h2-8,10H,9H2,1H3,(H,18,20)/t10-/m1/s1. The Bertz CT molecular complexity index is 939. The summed E-state index contributed by atoms with van der Waals surface area (Å²) >= 11 is 0. The third-order valence-corrected chi connectivity index (χ3v) is 3.56. The number of hydrogen-bond acceptors (Lipinski definition) is 7. The average molecular weight is 358 g/mol. The van der Waals surface area contributed by atoms with Crippen molar-refractivity contribution in [2.24, 2.45) is 0 Å². The molecule has 0 aliphatic rings. The number of rotatable bonds is 6. The van der Waals surface area contributed by atoms with Crippen molar-refractivity contribution in [3.8, 4) is 0 Å². The maximum absolute atomic E-state index is 11.9. The molecule has 0 radical (unpaired) electrons. The molecule has 1 atom stereocenters. The molecule has 0 unspecified atom stereocenters. The number of nitrogens with zero attached hydrogens (tertiary/aromatic N) is 1. The lowest BCUT2D eigenvalue weighted by atomic mass is 10.2. The lowest BCUT2D eigenvalue weighted by Crippen LogP contribution is -2.30. The molecule has 2 aromatic heterocycles. The van der Waals surface area contributed by atoms with E-state index in [0.29, 0.717) is 11.3 Å². The molecule has 1 aromatic carbocycles. The topological polar surface area (TPSA) is 125 Å². The maximum atomic E-state index is 11.9. The molecule has 134 valence electrons. The molecule has 26 heavy (non-hydrogen) atoms. The number of nitrogens with one attached hydrogen (secondary N) is 1. The van der Waals surface area contributed by atoms with Crippen LogP contribution in [0.5, 0.6) is 0 Å². The van der Waals surface area contributed by atoms with Gasteiger partial charge in [0.1, 0.15) is 16.3 Å². The highest BCUT2D eigenvalue weighted by molar-refractivity contribution is 5.89. The number of carbonyl (C=O) groups excluding carboxylic acids is 2. The number of ether oxygens (including phenoxy) is 1. The first kappa shape index (κ1) is 17.2. The van der Waals surface area contributed by atoms with Gasteiger partial charge in [-0.25, -0.2) is 4.79 Å². The largest absolute Gasteiger partial charge is 0.459 e. The summed E-state index contributed by atoms with van der Waals surface area (Å²) in [5.74, 6) is -1.89. The summed E-state index contributed by atoms with van der Waals surface area (Å²) in [5.41, 5.74) is 0.703. The molecule has 9 heteroatoms. The fourth-order valence-corrected chi connectivity index (χ4v) is 2.31. The lowest BCUT2D eigenvalue weighted by molar-refractivity contribution is -0.402. The van der Waals surface area contributed by atoms with E-state index in [1.54, 1.807) is 6.92 Å². The minimum atomic E-state index is -0.968. The van der Waals surface area contributed by atoms with Crippen LogP contribution >= 0.6 is 0 Å². The molecule has 2 heterocycles. The fourth-order valence-electron chi connectivity index (χ4n) is 2.31. The Morgan fingerprint density at radius 1 is 1.23 bits per heavy atom. The Labute approximate surface area is 146 Å². The minimum absolute atomic E-state index is 0.352. The van der Waals surface area contributed by atoms with Gasteiger partial charge in [-0.3, -0.25) is 14.9 Å². The molecule has 0 spiro atoms. The van der Waals surface area contributed by atoms with E-state index in [0.717, 1.165) is 17.5 Å². The van der Waals surface area contributed by atoms with Crippen LogP contribution in [0.4, 0.5) is 5.88 Å². The van der Waals surface area contributed by atoms with Gasteiger partial charge < -0.3 is 18.9 Å². The second-order valence-electron chi connectivity index (χ2n) is 5.45. The van der Waals surface area contributed by atoms with Crippen LogP contribution in [0, 0.1) is 10.1 Å². The number of benzene rings is 1. The van der Waals surface area contributed by atoms with E-state index in [9.17, 15) is 19.7 Å². The lowest BCUT2D eigenvalue weighted by Gasteiger charge is -2.11. The smallest absolute Gasteiger partial charge is 0.433 e. The molecule has 3 rings (SSSR count). The number of amides is 1. The van der Waals surface area contributed by atoms with Crippen LogP contribution in [0.3, 0.4) is 0 Å². The highest BCUT2D eigenvalue weighted by Crippen LogP contribution is 2.23. The van der Waals surface area contributed by atoms with E-state index >= 15 is 0 Å². The van der Waals surface area contributed by atoms with Crippen LogP contribution in [-0.4, -0.2) is 23.4 Å². The fraction of sp³-hybridized carbons (Fsp3) is 0.176. The number of nitro groups is 1. The number of furan rings is 2. The predicted octanol–water partition coefficient (Wildman–Crippen LogP) is 2.97. The molecule has 0 aliphatic heterocycles. The van der Waals surface area contributed by atoms with Crippen LogP contribution in [-0.2, 0) is 9.53 Å². The predicted molar refractivity (Wildman–Crippen MR) is 88.4 cm³/mol. The van der Waals surface area contributed by atoms with Crippen molar-refractivity contribution < 1.29 is 28.1 Å². The zero-order chi connectivity index (χ0) is 18.7. The number of carbonyl (C=O) groups is 2. The summed E-state index contributed by atoms with van der Waals surface area (Å²) in [6.45, 7) is 1.17. The molecule has 0 saturated carbocycles. The maximum Gasteiger partial charge on any atom is 0.433 e. The molecule has 1 amide bonds. The molecule has 9 nitrogen and oxygen atoms in total. The Morgan fingerprint density at radius 2 is 2.00 bits per heavy atom. The Balaban J connectivity index is 1.54. The minimum Gasteiger partial charge on any atom is -0.459 e. The molecule has 0 aliphatic carbocycles. The molecule has 0 fully saturated rings. The van der Waals surface area contributed by atoms with Gasteiger partial charge in [0.15, 0.2) is 6.61 Å². The van der Waals surface area contributed by atoms with Gasteiger partial charge in [0.2, 0.25) is 5.76 Å². The second-order valence-corrected chi connectivity index (χ2v) is 5.45. The number of fused-ring (bicyclic) bond motifs is 1. The van der Waals surface area contributed by atoms with E-state index in [4.69, 9.17) is 13.6 Å². The first-order valence-corrected chi connectivity index (χ1v) is 7.63. The van der Waals surface area contributed by atoms with Gasteiger partial charge in [0.25, 0.3) is 5.91 Å². The van der Waals surface area contributed by atoms with Crippen molar-refractivity contribution in [3.63, 3.8) is 0 Å². The summed E-state index contributed by atoms with van der Waals surface area (Å²) < 4.78 is 15.1. The van der Waals surface area contributed by atoms with Crippen molar-refractivity contribution in [2.45, 2.75) is 13.0 Å². The van der Waals surface area contributed by atoms with Crippen molar-refractivity contribution in [1.29, 1.82) is 0 Å². The number of esters is 1. The third kappa shape index (κ3) is 3.72. The SMILES string of the molecule is C[C@@H](NC(=O)COC(=O)c1ccc([N+](=O)[O-])o1)c1cc2ccccc2o1. The van der Waals surface area contributed by atoms with Crippen LogP contribution < -0.4 is 5.32 Å². The van der Waals surface area contributed by atoms with Crippen LogP contribution in [0.1, 0.15) is 29.3 Å². The highest BCUT2D eigenvalue weighted by atomic mass is 16.7. The van der Waals surface area contributed by atoms with Gasteiger partial charge >= 0.3 is 11.9 Å². The Morgan fingerprint density at radius 3 is 2.69 bits per heavy atom. The number of hydrogen-bond donors (Lipinski definition) is 1. The molecule has 1 N–H and O–H groups in total. The molecule has 3 aromatic rings. The van der Waals surface area contributed by atoms with Crippen LogP contribution in [0.2, 0.25) is 0 Å². The summed E-state index contributed by atoms with van der Waals surface area (Å²) in [6, 6.07) is 10.9. The normalized spacial score (nSPS) is 11.9. The first-order valence-electron chi connectivity index (χ1n) is 7.63. The van der Waals surface area contributed by atoms with E-state index in [-0.39, 0.29) is 5.76 Å². The average Bonchev–Trinajstić information content (AvgIpc) is 3.26. The van der Waals surface area contributed by atoms with Crippen LogP contribution in [0.15, 0.2) is 51.3 Å². The monoisotopic (exact) mass is 358 g/mol. The summed E-state index contributed by atoms with van der Waals surface area (Å²) in [4.78, 5) is 33.4. The second kappa shape index (κ2) is 7.09. The molecular formula is C17H14N2O7. The quantitative estimate of drug-likeness (QED) is 0.408. The summed E-state index contributed by atoms with van der Waals surface area (Å²) in [7, 11) is 0. The first-order chi connectivity index (χ1) is 12.4. The Kier molecular flexibility index (Phi) is 4.70. The van der Waals surface area contributed by atoms with E-state index in [1.807, 2.05) is 30.3 Å². The van der Waals surface area contributed by atoms with E-state index in [1.165, 1.54) is 0 Å². The third-order valence-electron chi connectivity index (χ3n) is 3.56. The summed E-state index contributed by atoms with van der Waals surface area (Å²) in [5, 5.41) is 14.1. The highest BCUT2D eigenvalue weighted by Gasteiger charge is 2.20. The van der Waals surface area contributed by atoms with Crippen molar-refractivity contribution in [1.82, 2.24) is 5.32 Å². The van der Waals surface area contributed by atoms with E-state index < -0.39 is 35.3 Å². The van der Waals surface area contributed by atoms with Gasteiger partial charge in [-0.15, -0.1) is 0 Å². The zero-order valence-electron chi connectivity index (χ0n) is 13.6. The molecule has 0 bridgehead atoms. The van der Waals surface area contributed by atoms with Crippen molar-refractivity contribution in [3.05, 3.63) is 64.1 Å². The number of para-hydroxylation sites is 1. The summed E-state index contributed by atoms with van der Waals surface area (Å²) in [6.07, 6.45) is 0. The van der Waals surface area contributed by atoms with Gasteiger partial charge in [0, 0.05) is 5.39 Å². The van der Waals surface area contributed by atoms with Gasteiger partial charge in [0.05, 0.1) is 12.1 Å². The zero-order valence-corrected chi connectivity index (χ0v) is 13.6. The van der Waals surface area contributed by atoms with Gasteiger partial charge in [-0.05, 0) is 25.1 Å². The molecule has 0 saturated heterocycles. The molecular weight excluding hydrogens is 344 g/mol. The van der Waals surface area contributed by atoms with Gasteiger partial charge in [-0.1, -0.05) is 18.2 Å². The Hall–Kier alpha value is -3.62. The van der Waals surface area contributed by atoms with E-state index in [2.05, 4.69) is 5.32 Å². The van der Waals surface area contributed by atoms with Gasteiger partial charge in [-0.2, -0.15) is 0 Å². The van der Waals surface area contributed by atoms with Crippen molar-refractivity contribution >= 4 is 28.7 Å².